The third kappa shape index (κ3) is 3.14. The number of hydrogen-bond donors (Lipinski definition) is 0. The van der Waals surface area contributed by atoms with E-state index in [9.17, 15) is 4.79 Å². The number of rotatable bonds is 3. The van der Waals surface area contributed by atoms with E-state index < -0.39 is 6.10 Å². The summed E-state index contributed by atoms with van der Waals surface area (Å²) < 4.78 is 16.9. The van der Waals surface area contributed by atoms with Crippen molar-refractivity contribution in [2.24, 2.45) is 0 Å². The minimum Gasteiger partial charge on any atom is -0.497 e. The number of pyridine rings is 1. The van der Waals surface area contributed by atoms with Gasteiger partial charge in [0.2, 0.25) is 5.88 Å². The Morgan fingerprint density at radius 3 is 3.00 bits per heavy atom. The van der Waals surface area contributed by atoms with Crippen molar-refractivity contribution in [1.82, 2.24) is 9.88 Å². The van der Waals surface area contributed by atoms with Crippen LogP contribution in [0, 0.1) is 0 Å². The maximum Gasteiger partial charge on any atom is 0.263 e. The molecule has 4 rings (SSSR count). The lowest BCUT2D eigenvalue weighted by Crippen LogP contribution is -2.41. The fraction of sp³-hybridized carbons (Fsp3) is 0.474. The van der Waals surface area contributed by atoms with Crippen LogP contribution in [0.15, 0.2) is 24.3 Å². The van der Waals surface area contributed by atoms with Gasteiger partial charge in [0, 0.05) is 24.1 Å². The van der Waals surface area contributed by atoms with Crippen molar-refractivity contribution >= 4 is 16.8 Å². The van der Waals surface area contributed by atoms with Crippen LogP contribution in [0.1, 0.15) is 25.3 Å². The Hall–Kier alpha value is -2.34. The second-order valence-corrected chi connectivity index (χ2v) is 6.63. The van der Waals surface area contributed by atoms with Crippen LogP contribution < -0.4 is 9.47 Å². The summed E-state index contributed by atoms with van der Waals surface area (Å²) in [6.07, 6.45) is 1.62. The minimum absolute atomic E-state index is 0.0184. The number of nitrogens with zero attached hydrogens (tertiary/aromatic N) is 2. The van der Waals surface area contributed by atoms with Crippen molar-refractivity contribution in [3.63, 3.8) is 0 Å². The summed E-state index contributed by atoms with van der Waals surface area (Å²) in [6, 6.07) is 7.76. The van der Waals surface area contributed by atoms with Gasteiger partial charge in [-0.15, -0.1) is 0 Å². The highest BCUT2D eigenvalue weighted by molar-refractivity contribution is 5.84. The second-order valence-electron chi connectivity index (χ2n) is 6.63. The fourth-order valence-corrected chi connectivity index (χ4v) is 3.47. The molecule has 0 bridgehead atoms. The van der Waals surface area contributed by atoms with Gasteiger partial charge in [-0.25, -0.2) is 4.98 Å². The molecule has 0 aliphatic carbocycles. The number of ether oxygens (including phenoxy) is 3. The van der Waals surface area contributed by atoms with Crippen LogP contribution in [0.25, 0.3) is 10.9 Å². The molecule has 1 saturated heterocycles. The van der Waals surface area contributed by atoms with Gasteiger partial charge in [-0.1, -0.05) is 0 Å². The van der Waals surface area contributed by atoms with E-state index in [1.54, 1.807) is 14.0 Å². The molecular weight excluding hydrogens is 320 g/mol. The van der Waals surface area contributed by atoms with Crippen LogP contribution in [-0.2, 0) is 16.1 Å². The zero-order valence-electron chi connectivity index (χ0n) is 14.5. The van der Waals surface area contributed by atoms with Crippen molar-refractivity contribution in [2.75, 3.05) is 20.3 Å². The smallest absolute Gasteiger partial charge is 0.263 e. The molecule has 0 spiro atoms. The van der Waals surface area contributed by atoms with E-state index >= 15 is 0 Å². The number of hydrogen-bond acceptors (Lipinski definition) is 5. The molecule has 0 N–H and O–H groups in total. The predicted molar refractivity (Wildman–Crippen MR) is 92.8 cm³/mol. The minimum atomic E-state index is -0.550. The summed E-state index contributed by atoms with van der Waals surface area (Å²) in [5, 5.41) is 0.973. The van der Waals surface area contributed by atoms with Gasteiger partial charge in [0.1, 0.15) is 5.75 Å². The van der Waals surface area contributed by atoms with Gasteiger partial charge in [-0.3, -0.25) is 4.79 Å². The molecule has 0 unspecified atom stereocenters. The Bertz CT molecular complexity index is 801. The molecular formula is C19H22N2O4. The van der Waals surface area contributed by atoms with E-state index in [0.717, 1.165) is 41.7 Å². The molecule has 25 heavy (non-hydrogen) atoms. The van der Waals surface area contributed by atoms with Gasteiger partial charge in [-0.2, -0.15) is 0 Å². The van der Waals surface area contributed by atoms with Crippen LogP contribution >= 0.6 is 0 Å². The summed E-state index contributed by atoms with van der Waals surface area (Å²) in [5.74, 6) is 1.30. The van der Waals surface area contributed by atoms with Gasteiger partial charge >= 0.3 is 0 Å². The van der Waals surface area contributed by atoms with Gasteiger partial charge in [0.05, 0.1) is 25.3 Å². The molecule has 1 amide bonds. The molecule has 6 nitrogen and oxygen atoms in total. The average molecular weight is 342 g/mol. The molecule has 0 saturated carbocycles. The van der Waals surface area contributed by atoms with Gasteiger partial charge in [0.25, 0.3) is 5.91 Å². The summed E-state index contributed by atoms with van der Waals surface area (Å²) in [5.41, 5.74) is 1.74. The van der Waals surface area contributed by atoms with Gasteiger partial charge in [0.15, 0.2) is 6.10 Å². The number of benzene rings is 1. The van der Waals surface area contributed by atoms with Crippen LogP contribution in [-0.4, -0.2) is 48.3 Å². The molecule has 2 aliphatic rings. The Morgan fingerprint density at radius 2 is 2.24 bits per heavy atom. The monoisotopic (exact) mass is 342 g/mol. The van der Waals surface area contributed by atoms with E-state index in [1.807, 2.05) is 29.2 Å². The van der Waals surface area contributed by atoms with Crippen molar-refractivity contribution in [3.8, 4) is 11.6 Å². The van der Waals surface area contributed by atoms with Gasteiger partial charge < -0.3 is 19.1 Å². The number of aromatic nitrogens is 1. The lowest BCUT2D eigenvalue weighted by atomic mass is 10.1. The van der Waals surface area contributed by atoms with Crippen molar-refractivity contribution in [1.29, 1.82) is 0 Å². The Kier molecular flexibility index (Phi) is 4.21. The Morgan fingerprint density at radius 1 is 1.36 bits per heavy atom. The zero-order chi connectivity index (χ0) is 17.4. The lowest BCUT2D eigenvalue weighted by molar-refractivity contribution is -0.139. The highest BCUT2D eigenvalue weighted by atomic mass is 16.5. The molecule has 1 aromatic heterocycles. The van der Waals surface area contributed by atoms with E-state index in [0.29, 0.717) is 19.0 Å². The molecule has 132 valence electrons. The summed E-state index contributed by atoms with van der Waals surface area (Å²) in [6.45, 7) is 3.64. The summed E-state index contributed by atoms with van der Waals surface area (Å²) >= 11 is 0. The summed E-state index contributed by atoms with van der Waals surface area (Å²) in [4.78, 5) is 19.1. The van der Waals surface area contributed by atoms with Crippen LogP contribution in [0.5, 0.6) is 11.6 Å². The SMILES string of the molecule is COc1ccc2nc3c(cc2c1)CN(C[C@@H]1CCCO1)C(=O)[C@@H](C)O3. The highest BCUT2D eigenvalue weighted by Gasteiger charge is 2.31. The lowest BCUT2D eigenvalue weighted by Gasteiger charge is -2.24. The first kappa shape index (κ1) is 16.1. The summed E-state index contributed by atoms with van der Waals surface area (Å²) in [7, 11) is 1.64. The first-order chi connectivity index (χ1) is 12.1. The Labute approximate surface area is 146 Å². The molecule has 2 aromatic rings. The number of fused-ring (bicyclic) bond motifs is 2. The Balaban J connectivity index is 1.69. The molecule has 6 heteroatoms. The number of methoxy groups -OCH3 is 1. The van der Waals surface area contributed by atoms with Crippen LogP contribution in [0.4, 0.5) is 0 Å². The zero-order valence-corrected chi connectivity index (χ0v) is 14.5. The quantitative estimate of drug-likeness (QED) is 0.858. The maximum absolute atomic E-state index is 12.7. The number of carbonyl (C=O) groups excluding carboxylic acids is 1. The van der Waals surface area contributed by atoms with E-state index in [-0.39, 0.29) is 12.0 Å². The molecule has 1 fully saturated rings. The highest BCUT2D eigenvalue weighted by Crippen LogP contribution is 2.30. The molecule has 0 radical (unpaired) electrons. The topological polar surface area (TPSA) is 60.9 Å². The van der Waals surface area contributed by atoms with Crippen molar-refractivity contribution < 1.29 is 19.0 Å². The molecule has 3 heterocycles. The van der Waals surface area contributed by atoms with E-state index in [2.05, 4.69) is 4.98 Å². The van der Waals surface area contributed by atoms with Crippen LogP contribution in [0.2, 0.25) is 0 Å². The third-order valence-electron chi connectivity index (χ3n) is 4.82. The van der Waals surface area contributed by atoms with Crippen molar-refractivity contribution in [2.45, 2.75) is 38.5 Å². The van der Waals surface area contributed by atoms with Crippen molar-refractivity contribution in [3.05, 3.63) is 29.8 Å². The normalized spacial score (nSPS) is 23.3. The van der Waals surface area contributed by atoms with Crippen LogP contribution in [0.3, 0.4) is 0 Å². The first-order valence-electron chi connectivity index (χ1n) is 8.69. The van der Waals surface area contributed by atoms with E-state index in [4.69, 9.17) is 14.2 Å². The van der Waals surface area contributed by atoms with Gasteiger partial charge in [-0.05, 0) is 44.0 Å². The number of carbonyl (C=O) groups is 1. The number of amides is 1. The maximum atomic E-state index is 12.7. The first-order valence-corrected chi connectivity index (χ1v) is 8.69. The standard InChI is InChI=1S/C19H22N2O4/c1-12-19(22)21(11-16-4-3-7-24-16)10-14-8-13-9-15(23-2)5-6-17(13)20-18(14)25-12/h5-6,8-9,12,16H,3-4,7,10-11H2,1-2H3/t12-,16+/m1/s1. The molecule has 1 aromatic carbocycles. The molecule has 2 atom stereocenters. The third-order valence-corrected chi connectivity index (χ3v) is 4.82. The average Bonchev–Trinajstić information content (AvgIpc) is 3.09. The predicted octanol–water partition coefficient (Wildman–Crippen LogP) is 2.53. The largest absolute Gasteiger partial charge is 0.497 e. The molecule has 2 aliphatic heterocycles. The second kappa shape index (κ2) is 6.52. The fourth-order valence-electron chi connectivity index (χ4n) is 3.47. The van der Waals surface area contributed by atoms with E-state index in [1.165, 1.54) is 0 Å².